The normalized spacial score (nSPS) is 20.2. The zero-order valence-electron chi connectivity index (χ0n) is 22.8. The quantitative estimate of drug-likeness (QED) is 0.362. The number of carbonyl (C=O) groups excluding carboxylic acids is 1. The smallest absolute Gasteiger partial charge is 0.336 e. The lowest BCUT2D eigenvalue weighted by Gasteiger charge is -2.35. The van der Waals surface area contributed by atoms with E-state index in [1.165, 1.54) is 6.42 Å². The Bertz CT molecular complexity index is 1080. The number of rotatable bonds is 10. The third kappa shape index (κ3) is 7.58. The second-order valence-corrected chi connectivity index (χ2v) is 10.7. The summed E-state index contributed by atoms with van der Waals surface area (Å²) in [5, 5.41) is 12.7. The van der Waals surface area contributed by atoms with E-state index in [1.807, 2.05) is 61.2 Å². The maximum atomic E-state index is 13.3. The van der Waals surface area contributed by atoms with Crippen LogP contribution in [-0.4, -0.2) is 53.4 Å². The van der Waals surface area contributed by atoms with Crippen molar-refractivity contribution in [3.8, 4) is 0 Å². The fraction of sp³-hybridized carbons (Fsp3) is 0.548. The second kappa shape index (κ2) is 13.8. The number of carboxylic acid groups (broad SMARTS) is 1. The molecule has 0 spiro atoms. The van der Waals surface area contributed by atoms with Gasteiger partial charge in [-0.2, -0.15) is 0 Å². The molecule has 2 aliphatic carbocycles. The Hall–Kier alpha value is -2.90. The molecule has 2 saturated carbocycles. The van der Waals surface area contributed by atoms with Gasteiger partial charge in [-0.05, 0) is 75.1 Å². The van der Waals surface area contributed by atoms with Crippen molar-refractivity contribution in [2.45, 2.75) is 96.5 Å². The van der Waals surface area contributed by atoms with Gasteiger partial charge in [-0.25, -0.2) is 9.59 Å². The molecule has 0 aliphatic heterocycles. The minimum absolute atomic E-state index is 0.0368. The van der Waals surface area contributed by atoms with Crippen LogP contribution in [-0.2, 0) is 16.1 Å². The molecule has 7 nitrogen and oxygen atoms in total. The molecule has 38 heavy (non-hydrogen) atoms. The topological polar surface area (TPSA) is 88.1 Å². The largest absolute Gasteiger partial charge is 0.478 e. The van der Waals surface area contributed by atoms with E-state index in [1.54, 1.807) is 0 Å². The zero-order valence-corrected chi connectivity index (χ0v) is 22.8. The number of aromatic carboxylic acids is 1. The van der Waals surface area contributed by atoms with Gasteiger partial charge in [0.15, 0.2) is 0 Å². The van der Waals surface area contributed by atoms with E-state index in [9.17, 15) is 14.7 Å². The number of anilines is 1. The van der Waals surface area contributed by atoms with Crippen LogP contribution in [0, 0.1) is 13.8 Å². The molecule has 0 radical (unpaired) electrons. The van der Waals surface area contributed by atoms with E-state index < -0.39 is 5.97 Å². The van der Waals surface area contributed by atoms with Gasteiger partial charge in [-0.1, -0.05) is 55.7 Å². The van der Waals surface area contributed by atoms with Crippen molar-refractivity contribution in [2.24, 2.45) is 0 Å². The molecule has 2 N–H and O–H groups in total. The van der Waals surface area contributed by atoms with Crippen molar-refractivity contribution in [1.29, 1.82) is 0 Å². The highest BCUT2D eigenvalue weighted by atomic mass is 16.5. The van der Waals surface area contributed by atoms with Crippen molar-refractivity contribution in [2.75, 3.05) is 18.5 Å². The molecule has 2 aromatic carbocycles. The number of ether oxygens (including phenoxy) is 2. The number of nitrogens with one attached hydrogen (secondary N) is 1. The van der Waals surface area contributed by atoms with Gasteiger partial charge in [0.05, 0.1) is 31.0 Å². The van der Waals surface area contributed by atoms with Crippen LogP contribution in [0.4, 0.5) is 10.5 Å². The summed E-state index contributed by atoms with van der Waals surface area (Å²) in [4.78, 5) is 27.0. The number of nitrogens with zero attached hydrogens (tertiary/aromatic N) is 1. The van der Waals surface area contributed by atoms with Gasteiger partial charge in [0.1, 0.15) is 0 Å². The molecular weight excluding hydrogens is 480 g/mol. The number of aryl methyl sites for hydroxylation is 2. The lowest BCUT2D eigenvalue weighted by atomic mass is 9.94. The summed E-state index contributed by atoms with van der Waals surface area (Å²) in [5.74, 6) is -0.916. The van der Waals surface area contributed by atoms with Gasteiger partial charge in [0.2, 0.25) is 0 Å². The van der Waals surface area contributed by atoms with Crippen molar-refractivity contribution in [3.05, 3.63) is 64.7 Å². The standard InChI is InChI=1S/C31H42N2O5/c1-22-10-6-7-17-28(22)32-31(36)33(25-13-4-3-5-14-25)18-19-37-26-15-9-16-27(20-26)38-21-24-12-8-11-23(2)29(24)30(34)35/h6-8,10-12,17,25-27H,3-5,9,13-16,18-21H2,1-2H3,(H,32,36)(H,34,35)/t26-,27+/m0/s1. The minimum atomic E-state index is -0.916. The summed E-state index contributed by atoms with van der Waals surface area (Å²) in [5.41, 5.74) is 3.70. The first kappa shape index (κ1) is 28.1. The highest BCUT2D eigenvalue weighted by Crippen LogP contribution is 2.27. The van der Waals surface area contributed by atoms with E-state index in [-0.39, 0.29) is 30.9 Å². The molecule has 0 saturated heterocycles. The van der Waals surface area contributed by atoms with Gasteiger partial charge in [-0.3, -0.25) is 0 Å². The molecule has 0 bridgehead atoms. The Morgan fingerprint density at radius 2 is 1.61 bits per heavy atom. The maximum Gasteiger partial charge on any atom is 0.336 e. The van der Waals surface area contributed by atoms with Crippen molar-refractivity contribution in [1.82, 2.24) is 4.90 Å². The van der Waals surface area contributed by atoms with Gasteiger partial charge >= 0.3 is 12.0 Å². The first-order valence-electron chi connectivity index (χ1n) is 14.1. The van der Waals surface area contributed by atoms with Crippen molar-refractivity contribution < 1.29 is 24.2 Å². The predicted molar refractivity (Wildman–Crippen MR) is 149 cm³/mol. The van der Waals surface area contributed by atoms with Crippen LogP contribution in [0.5, 0.6) is 0 Å². The summed E-state index contributed by atoms with van der Waals surface area (Å²) in [6.45, 7) is 5.17. The SMILES string of the molecule is Cc1ccccc1NC(=O)N(CCO[C@H]1CCC[C@@H](OCc2cccc(C)c2C(=O)O)C1)C1CCCCC1. The Kier molecular flexibility index (Phi) is 10.2. The fourth-order valence-electron chi connectivity index (χ4n) is 5.83. The third-order valence-corrected chi connectivity index (χ3v) is 7.97. The zero-order chi connectivity index (χ0) is 26.9. The summed E-state index contributed by atoms with van der Waals surface area (Å²) in [6, 6.07) is 13.6. The molecule has 2 amide bonds. The van der Waals surface area contributed by atoms with Gasteiger partial charge < -0.3 is 24.8 Å². The van der Waals surface area contributed by atoms with E-state index in [0.717, 1.165) is 68.2 Å². The monoisotopic (exact) mass is 522 g/mol. The van der Waals surface area contributed by atoms with E-state index >= 15 is 0 Å². The van der Waals surface area contributed by atoms with Gasteiger partial charge in [0.25, 0.3) is 0 Å². The Labute approximate surface area is 226 Å². The molecule has 2 aliphatic rings. The second-order valence-electron chi connectivity index (χ2n) is 10.7. The molecule has 7 heteroatoms. The minimum Gasteiger partial charge on any atom is -0.478 e. The number of urea groups is 1. The van der Waals surface area contributed by atoms with E-state index in [4.69, 9.17) is 9.47 Å². The van der Waals surface area contributed by atoms with Gasteiger partial charge in [0, 0.05) is 18.3 Å². The van der Waals surface area contributed by atoms with E-state index in [2.05, 4.69) is 5.32 Å². The maximum absolute atomic E-state index is 13.3. The number of benzene rings is 2. The average molecular weight is 523 g/mol. The molecule has 2 fully saturated rings. The Morgan fingerprint density at radius 1 is 0.895 bits per heavy atom. The highest BCUT2D eigenvalue weighted by Gasteiger charge is 2.28. The number of carboxylic acids is 1. The number of hydrogen-bond acceptors (Lipinski definition) is 4. The summed E-state index contributed by atoms with van der Waals surface area (Å²) >= 11 is 0. The molecule has 0 unspecified atom stereocenters. The van der Waals surface area contributed by atoms with Crippen LogP contribution >= 0.6 is 0 Å². The van der Waals surface area contributed by atoms with Crippen LogP contribution < -0.4 is 5.32 Å². The molecule has 206 valence electrons. The molecule has 0 heterocycles. The molecule has 4 rings (SSSR count). The van der Waals surface area contributed by atoms with Gasteiger partial charge in [-0.15, -0.1) is 0 Å². The lowest BCUT2D eigenvalue weighted by molar-refractivity contribution is -0.0535. The van der Waals surface area contributed by atoms with Crippen LogP contribution in [0.25, 0.3) is 0 Å². The van der Waals surface area contributed by atoms with E-state index in [0.29, 0.717) is 24.3 Å². The van der Waals surface area contributed by atoms with Crippen molar-refractivity contribution >= 4 is 17.7 Å². The van der Waals surface area contributed by atoms with Crippen LogP contribution in [0.15, 0.2) is 42.5 Å². The number of amides is 2. The molecule has 2 aromatic rings. The first-order chi connectivity index (χ1) is 18.4. The Morgan fingerprint density at radius 3 is 2.34 bits per heavy atom. The van der Waals surface area contributed by atoms with Crippen molar-refractivity contribution in [3.63, 3.8) is 0 Å². The number of hydrogen-bond donors (Lipinski definition) is 2. The first-order valence-corrected chi connectivity index (χ1v) is 14.1. The average Bonchev–Trinajstić information content (AvgIpc) is 2.91. The van der Waals surface area contributed by atoms with Crippen LogP contribution in [0.2, 0.25) is 0 Å². The molecule has 0 aromatic heterocycles. The predicted octanol–water partition coefficient (Wildman–Crippen LogP) is 6.71. The molecule has 2 atom stereocenters. The number of carbonyl (C=O) groups is 2. The third-order valence-electron chi connectivity index (χ3n) is 7.97. The Balaban J connectivity index is 1.30. The van der Waals surface area contributed by atoms with Crippen LogP contribution in [0.1, 0.15) is 84.8 Å². The molecular formula is C31H42N2O5. The fourth-order valence-corrected chi connectivity index (χ4v) is 5.83. The summed E-state index contributed by atoms with van der Waals surface area (Å²) in [7, 11) is 0. The highest BCUT2D eigenvalue weighted by molar-refractivity contribution is 5.91. The number of para-hydroxylation sites is 1. The lowest BCUT2D eigenvalue weighted by Crippen LogP contribution is -2.46. The van der Waals surface area contributed by atoms with Crippen LogP contribution in [0.3, 0.4) is 0 Å². The summed E-state index contributed by atoms with van der Waals surface area (Å²) in [6.07, 6.45) is 9.47. The summed E-state index contributed by atoms with van der Waals surface area (Å²) < 4.78 is 12.5.